The number of nitrogens with two attached hydrogens (primary N) is 1. The smallest absolute Gasteiger partial charge is 0.0518 e. The van der Waals surface area contributed by atoms with E-state index in [9.17, 15) is 0 Å². The number of halogens is 1. The first-order valence-corrected chi connectivity index (χ1v) is 7.18. The zero-order chi connectivity index (χ0) is 13.7. The molecule has 0 aliphatic heterocycles. The number of benzene rings is 1. The fraction of sp³-hybridized carbons (Fsp3) is 0.267. The minimum absolute atomic E-state index is 0.0878. The summed E-state index contributed by atoms with van der Waals surface area (Å²) < 4.78 is 0.988. The van der Waals surface area contributed by atoms with Crippen molar-refractivity contribution in [3.05, 3.63) is 63.9 Å². The maximum atomic E-state index is 5.72. The average molecular weight is 320 g/mol. The number of nitrogens with one attached hydrogen (secondary N) is 1. The Balaban J connectivity index is 2.22. The topological polar surface area (TPSA) is 50.9 Å². The number of nitrogens with zero attached hydrogens (tertiary/aromatic N) is 1. The van der Waals surface area contributed by atoms with Gasteiger partial charge in [0.1, 0.15) is 0 Å². The molecule has 0 saturated carbocycles. The lowest BCUT2D eigenvalue weighted by Crippen LogP contribution is -2.30. The Labute approximate surface area is 122 Å². The van der Waals surface area contributed by atoms with Gasteiger partial charge in [-0.1, -0.05) is 31.2 Å². The van der Waals surface area contributed by atoms with Crippen LogP contribution < -0.4 is 11.3 Å². The van der Waals surface area contributed by atoms with E-state index in [1.807, 2.05) is 24.4 Å². The zero-order valence-corrected chi connectivity index (χ0v) is 12.5. The maximum Gasteiger partial charge on any atom is 0.0518 e. The molecule has 4 heteroatoms. The van der Waals surface area contributed by atoms with Gasteiger partial charge in [0.25, 0.3) is 0 Å². The van der Waals surface area contributed by atoms with Gasteiger partial charge in [0, 0.05) is 22.8 Å². The fourth-order valence-corrected chi connectivity index (χ4v) is 2.43. The Bertz CT molecular complexity index is 525. The molecule has 0 spiro atoms. The number of pyridine rings is 1. The van der Waals surface area contributed by atoms with E-state index in [-0.39, 0.29) is 6.04 Å². The lowest BCUT2D eigenvalue weighted by Gasteiger charge is -2.19. The first-order chi connectivity index (χ1) is 9.24. The first-order valence-electron chi connectivity index (χ1n) is 6.39. The van der Waals surface area contributed by atoms with E-state index < -0.39 is 0 Å². The van der Waals surface area contributed by atoms with Crippen LogP contribution in [0.15, 0.2) is 47.1 Å². The standard InChI is InChI=1S/C15H18BrN3/c1-2-11-5-3-4-6-14(11)15(19-17)9-13-8-7-12(16)10-18-13/h3-8,10,15,19H,2,9,17H2,1H3. The fourth-order valence-electron chi connectivity index (χ4n) is 2.19. The molecule has 0 amide bonds. The summed E-state index contributed by atoms with van der Waals surface area (Å²) in [5.41, 5.74) is 6.50. The van der Waals surface area contributed by atoms with Crippen LogP contribution in [0.5, 0.6) is 0 Å². The molecule has 0 saturated heterocycles. The summed E-state index contributed by atoms with van der Waals surface area (Å²) in [5.74, 6) is 5.72. The van der Waals surface area contributed by atoms with Crippen molar-refractivity contribution in [1.29, 1.82) is 0 Å². The third kappa shape index (κ3) is 3.62. The molecule has 0 radical (unpaired) electrons. The van der Waals surface area contributed by atoms with E-state index in [2.05, 4.69) is 51.5 Å². The molecule has 2 rings (SSSR count). The van der Waals surface area contributed by atoms with Crippen LogP contribution in [0.1, 0.15) is 29.8 Å². The molecule has 0 aliphatic rings. The van der Waals surface area contributed by atoms with Crippen LogP contribution in [0.3, 0.4) is 0 Å². The molecule has 0 bridgehead atoms. The average Bonchev–Trinajstić information content (AvgIpc) is 2.46. The summed E-state index contributed by atoms with van der Waals surface area (Å²) in [6.07, 6.45) is 3.59. The zero-order valence-electron chi connectivity index (χ0n) is 10.9. The Hall–Kier alpha value is -1.23. The van der Waals surface area contributed by atoms with Gasteiger partial charge in [0.15, 0.2) is 0 Å². The van der Waals surface area contributed by atoms with E-state index in [0.717, 1.165) is 23.0 Å². The molecule has 1 aromatic carbocycles. The number of hydrogen-bond acceptors (Lipinski definition) is 3. The summed E-state index contributed by atoms with van der Waals surface area (Å²) in [4.78, 5) is 4.40. The van der Waals surface area contributed by atoms with Crippen molar-refractivity contribution in [2.45, 2.75) is 25.8 Å². The van der Waals surface area contributed by atoms with Crippen molar-refractivity contribution in [3.63, 3.8) is 0 Å². The van der Waals surface area contributed by atoms with Gasteiger partial charge < -0.3 is 0 Å². The van der Waals surface area contributed by atoms with E-state index in [1.165, 1.54) is 11.1 Å². The lowest BCUT2D eigenvalue weighted by atomic mass is 9.96. The third-order valence-corrected chi connectivity index (χ3v) is 3.68. The second-order valence-electron chi connectivity index (χ2n) is 4.44. The van der Waals surface area contributed by atoms with E-state index >= 15 is 0 Å². The predicted octanol–water partition coefficient (Wildman–Crippen LogP) is 3.15. The van der Waals surface area contributed by atoms with Crippen LogP contribution in [-0.2, 0) is 12.8 Å². The largest absolute Gasteiger partial charge is 0.271 e. The van der Waals surface area contributed by atoms with Gasteiger partial charge in [-0.15, -0.1) is 0 Å². The van der Waals surface area contributed by atoms with Crippen LogP contribution in [0.2, 0.25) is 0 Å². The molecule has 3 N–H and O–H groups in total. The van der Waals surface area contributed by atoms with E-state index in [0.29, 0.717) is 0 Å². The van der Waals surface area contributed by atoms with Crippen molar-refractivity contribution in [3.8, 4) is 0 Å². The molecular formula is C15H18BrN3. The Morgan fingerprint density at radius 1 is 1.26 bits per heavy atom. The first kappa shape index (κ1) is 14.2. The highest BCUT2D eigenvalue weighted by Crippen LogP contribution is 2.21. The quantitative estimate of drug-likeness (QED) is 0.657. The number of hydrazine groups is 1. The molecule has 3 nitrogen and oxygen atoms in total. The van der Waals surface area contributed by atoms with Gasteiger partial charge in [-0.2, -0.15) is 0 Å². The molecule has 2 aromatic rings. The van der Waals surface area contributed by atoms with Crippen LogP contribution in [-0.4, -0.2) is 4.98 Å². The van der Waals surface area contributed by atoms with Gasteiger partial charge >= 0.3 is 0 Å². The monoisotopic (exact) mass is 319 g/mol. The lowest BCUT2D eigenvalue weighted by molar-refractivity contribution is 0.542. The van der Waals surface area contributed by atoms with Gasteiger partial charge in [-0.25, -0.2) is 0 Å². The molecule has 0 fully saturated rings. The van der Waals surface area contributed by atoms with Gasteiger partial charge in [0.05, 0.1) is 6.04 Å². The Kier molecular flexibility index (Phi) is 5.07. The normalized spacial score (nSPS) is 12.4. The molecule has 1 heterocycles. The van der Waals surface area contributed by atoms with Crippen molar-refractivity contribution >= 4 is 15.9 Å². The molecule has 100 valence electrons. The summed E-state index contributed by atoms with van der Waals surface area (Å²) in [6.45, 7) is 2.16. The van der Waals surface area contributed by atoms with Crippen LogP contribution in [0.25, 0.3) is 0 Å². The molecule has 1 atom stereocenters. The van der Waals surface area contributed by atoms with Crippen molar-refractivity contribution in [2.24, 2.45) is 5.84 Å². The van der Waals surface area contributed by atoms with Crippen LogP contribution >= 0.6 is 15.9 Å². The summed E-state index contributed by atoms with van der Waals surface area (Å²) in [5, 5.41) is 0. The van der Waals surface area contributed by atoms with Crippen LogP contribution in [0, 0.1) is 0 Å². The number of aromatic nitrogens is 1. The highest BCUT2D eigenvalue weighted by atomic mass is 79.9. The van der Waals surface area contributed by atoms with Gasteiger partial charge in [-0.05, 0) is 45.6 Å². The van der Waals surface area contributed by atoms with Crippen molar-refractivity contribution in [1.82, 2.24) is 10.4 Å². The van der Waals surface area contributed by atoms with Gasteiger partial charge in [0.2, 0.25) is 0 Å². The summed E-state index contributed by atoms with van der Waals surface area (Å²) in [7, 11) is 0. The van der Waals surface area contributed by atoms with Crippen molar-refractivity contribution < 1.29 is 0 Å². The van der Waals surface area contributed by atoms with Crippen molar-refractivity contribution in [2.75, 3.05) is 0 Å². The molecule has 1 unspecified atom stereocenters. The SMILES string of the molecule is CCc1ccccc1C(Cc1ccc(Br)cn1)NN. The Morgan fingerprint density at radius 3 is 2.68 bits per heavy atom. The maximum absolute atomic E-state index is 5.72. The molecule has 19 heavy (non-hydrogen) atoms. The molecule has 0 aliphatic carbocycles. The highest BCUT2D eigenvalue weighted by molar-refractivity contribution is 9.10. The third-order valence-electron chi connectivity index (χ3n) is 3.21. The summed E-state index contributed by atoms with van der Waals surface area (Å²) in [6, 6.07) is 12.5. The minimum Gasteiger partial charge on any atom is -0.271 e. The number of hydrogen-bond donors (Lipinski definition) is 2. The predicted molar refractivity (Wildman–Crippen MR) is 81.5 cm³/mol. The van der Waals surface area contributed by atoms with E-state index in [4.69, 9.17) is 5.84 Å². The summed E-state index contributed by atoms with van der Waals surface area (Å²) >= 11 is 3.39. The number of aryl methyl sites for hydroxylation is 1. The van der Waals surface area contributed by atoms with Crippen LogP contribution in [0.4, 0.5) is 0 Å². The second kappa shape index (κ2) is 6.80. The van der Waals surface area contributed by atoms with E-state index in [1.54, 1.807) is 0 Å². The second-order valence-corrected chi connectivity index (χ2v) is 5.36. The number of rotatable bonds is 5. The van der Waals surface area contributed by atoms with Gasteiger partial charge in [-0.3, -0.25) is 16.3 Å². The minimum atomic E-state index is 0.0878. The highest BCUT2D eigenvalue weighted by Gasteiger charge is 2.14. The molecule has 1 aromatic heterocycles. The Morgan fingerprint density at radius 2 is 2.05 bits per heavy atom. The molecular weight excluding hydrogens is 302 g/mol.